The van der Waals surface area contributed by atoms with Crippen LogP contribution in [0.15, 0.2) is 30.3 Å². The lowest BCUT2D eigenvalue weighted by atomic mass is 10.1. The zero-order valence-electron chi connectivity index (χ0n) is 10.1. The highest BCUT2D eigenvalue weighted by molar-refractivity contribution is 5.76. The molecular formula is C13H14F3NO2. The third kappa shape index (κ3) is 3.47. The lowest BCUT2D eigenvalue weighted by Crippen LogP contribution is -2.36. The lowest BCUT2D eigenvalue weighted by Gasteiger charge is -2.12. The summed E-state index contributed by atoms with van der Waals surface area (Å²) in [6.45, 7) is 0.0246. The molecule has 6 heteroatoms. The molecule has 0 spiro atoms. The van der Waals surface area contributed by atoms with Gasteiger partial charge in [-0.05, 0) is 17.9 Å². The molecule has 0 bridgehead atoms. The Morgan fingerprint density at radius 2 is 2.00 bits per heavy atom. The summed E-state index contributed by atoms with van der Waals surface area (Å²) >= 11 is 0. The smallest absolute Gasteiger partial charge is 0.392 e. The second kappa shape index (κ2) is 5.21. The monoisotopic (exact) mass is 273 g/mol. The van der Waals surface area contributed by atoms with Crippen LogP contribution in [0.2, 0.25) is 0 Å². The Labute approximate surface area is 108 Å². The third-order valence-electron chi connectivity index (χ3n) is 3.22. The zero-order chi connectivity index (χ0) is 14.0. The quantitative estimate of drug-likeness (QED) is 0.856. The van der Waals surface area contributed by atoms with Crippen molar-refractivity contribution in [1.82, 2.24) is 0 Å². The summed E-state index contributed by atoms with van der Waals surface area (Å²) in [6, 6.07) is 7.70. The number of hydrogen-bond acceptors (Lipinski definition) is 3. The van der Waals surface area contributed by atoms with Crippen molar-refractivity contribution in [2.24, 2.45) is 17.6 Å². The van der Waals surface area contributed by atoms with Crippen molar-refractivity contribution in [2.75, 3.05) is 0 Å². The highest BCUT2D eigenvalue weighted by Crippen LogP contribution is 2.51. The van der Waals surface area contributed by atoms with Crippen molar-refractivity contribution in [1.29, 1.82) is 0 Å². The number of carbonyl (C=O) groups is 1. The van der Waals surface area contributed by atoms with E-state index in [1.54, 1.807) is 24.3 Å². The first-order chi connectivity index (χ1) is 8.89. The summed E-state index contributed by atoms with van der Waals surface area (Å²) in [5.41, 5.74) is 6.27. The SMILES string of the molecule is NC(C(=O)OCc1ccccc1)C1CC1C(F)(F)F. The van der Waals surface area contributed by atoms with Crippen molar-refractivity contribution >= 4 is 5.97 Å². The molecule has 0 amide bonds. The molecule has 0 aromatic heterocycles. The van der Waals surface area contributed by atoms with Gasteiger partial charge in [-0.15, -0.1) is 0 Å². The van der Waals surface area contributed by atoms with Gasteiger partial charge in [-0.25, -0.2) is 0 Å². The standard InChI is InChI=1S/C13H14F3NO2/c14-13(15,16)10-6-9(10)11(17)12(18)19-7-8-4-2-1-3-5-8/h1-5,9-11H,6-7,17H2. The fraction of sp³-hybridized carbons (Fsp3) is 0.462. The molecule has 0 saturated heterocycles. The van der Waals surface area contributed by atoms with E-state index in [0.29, 0.717) is 0 Å². The number of ether oxygens (including phenoxy) is 1. The number of halogens is 3. The second-order valence-corrected chi connectivity index (χ2v) is 4.67. The van der Waals surface area contributed by atoms with Crippen LogP contribution in [-0.2, 0) is 16.1 Å². The minimum atomic E-state index is -4.28. The van der Waals surface area contributed by atoms with Crippen LogP contribution in [0.4, 0.5) is 13.2 Å². The molecule has 1 aromatic carbocycles. The lowest BCUT2D eigenvalue weighted by molar-refractivity contribution is -0.156. The van der Waals surface area contributed by atoms with E-state index in [1.807, 2.05) is 6.07 Å². The average Bonchev–Trinajstić information content (AvgIpc) is 3.16. The van der Waals surface area contributed by atoms with Crippen molar-refractivity contribution in [2.45, 2.75) is 25.2 Å². The number of alkyl halides is 3. The minimum absolute atomic E-state index is 0.0246. The van der Waals surface area contributed by atoms with Crippen LogP contribution in [0.25, 0.3) is 0 Å². The van der Waals surface area contributed by atoms with Crippen LogP contribution in [0.1, 0.15) is 12.0 Å². The Kier molecular flexibility index (Phi) is 3.80. The maximum Gasteiger partial charge on any atom is 0.392 e. The summed E-state index contributed by atoms with van der Waals surface area (Å²) in [7, 11) is 0. The largest absolute Gasteiger partial charge is 0.460 e. The molecule has 1 aromatic rings. The fourth-order valence-electron chi connectivity index (χ4n) is 1.99. The molecule has 3 nitrogen and oxygen atoms in total. The minimum Gasteiger partial charge on any atom is -0.460 e. The van der Waals surface area contributed by atoms with Gasteiger partial charge in [0.15, 0.2) is 0 Å². The summed E-state index contributed by atoms with van der Waals surface area (Å²) < 4.78 is 42.0. The number of rotatable bonds is 4. The first-order valence-corrected chi connectivity index (χ1v) is 5.92. The Hall–Kier alpha value is -1.56. The fourth-order valence-corrected chi connectivity index (χ4v) is 1.99. The van der Waals surface area contributed by atoms with E-state index in [2.05, 4.69) is 0 Å². The van der Waals surface area contributed by atoms with Crippen LogP contribution < -0.4 is 5.73 Å². The van der Waals surface area contributed by atoms with Gasteiger partial charge in [0.1, 0.15) is 12.6 Å². The van der Waals surface area contributed by atoms with Crippen molar-refractivity contribution in [3.63, 3.8) is 0 Å². The van der Waals surface area contributed by atoms with Crippen molar-refractivity contribution in [3.8, 4) is 0 Å². The third-order valence-corrected chi connectivity index (χ3v) is 3.22. The molecule has 1 fully saturated rings. The Morgan fingerprint density at radius 1 is 1.37 bits per heavy atom. The van der Waals surface area contributed by atoms with Gasteiger partial charge in [0.05, 0.1) is 5.92 Å². The normalized spacial score (nSPS) is 23.8. The van der Waals surface area contributed by atoms with Gasteiger partial charge in [0.2, 0.25) is 0 Å². The molecule has 1 aliphatic carbocycles. The molecular weight excluding hydrogens is 259 g/mol. The molecule has 0 heterocycles. The number of nitrogens with two attached hydrogens (primary N) is 1. The van der Waals surface area contributed by atoms with Gasteiger partial charge in [-0.1, -0.05) is 30.3 Å². The maximum atomic E-state index is 12.4. The van der Waals surface area contributed by atoms with E-state index in [1.165, 1.54) is 0 Å². The first-order valence-electron chi connectivity index (χ1n) is 5.92. The second-order valence-electron chi connectivity index (χ2n) is 4.67. The Balaban J connectivity index is 1.81. The molecule has 1 saturated carbocycles. The number of hydrogen-bond donors (Lipinski definition) is 1. The van der Waals surface area contributed by atoms with E-state index in [9.17, 15) is 18.0 Å². The molecule has 0 radical (unpaired) electrons. The molecule has 2 N–H and O–H groups in total. The predicted molar refractivity (Wildman–Crippen MR) is 61.9 cm³/mol. The number of carbonyl (C=O) groups excluding carboxylic acids is 1. The maximum absolute atomic E-state index is 12.4. The first kappa shape index (κ1) is 13.9. The van der Waals surface area contributed by atoms with Crippen molar-refractivity contribution < 1.29 is 22.7 Å². The van der Waals surface area contributed by atoms with Crippen molar-refractivity contribution in [3.05, 3.63) is 35.9 Å². The molecule has 2 rings (SSSR count). The van der Waals surface area contributed by atoms with E-state index in [4.69, 9.17) is 10.5 Å². The predicted octanol–water partition coefficient (Wildman–Crippen LogP) is 2.26. The number of esters is 1. The van der Waals surface area contributed by atoms with Crippen LogP contribution in [0, 0.1) is 11.8 Å². The molecule has 3 unspecified atom stereocenters. The highest BCUT2D eigenvalue weighted by atomic mass is 19.4. The van der Waals surface area contributed by atoms with E-state index < -0.39 is 30.0 Å². The molecule has 0 aliphatic heterocycles. The van der Waals surface area contributed by atoms with E-state index in [-0.39, 0.29) is 13.0 Å². The number of benzene rings is 1. The van der Waals surface area contributed by atoms with Gasteiger partial charge in [0.25, 0.3) is 0 Å². The summed E-state index contributed by atoms with van der Waals surface area (Å²) in [5, 5.41) is 0. The topological polar surface area (TPSA) is 52.3 Å². The van der Waals surface area contributed by atoms with Gasteiger partial charge < -0.3 is 10.5 Å². The summed E-state index contributed by atoms with van der Waals surface area (Å²) in [5.74, 6) is -3.09. The van der Waals surface area contributed by atoms with Gasteiger partial charge in [0, 0.05) is 0 Å². The summed E-state index contributed by atoms with van der Waals surface area (Å²) in [4.78, 5) is 11.6. The molecule has 19 heavy (non-hydrogen) atoms. The van der Waals surface area contributed by atoms with Crippen LogP contribution in [-0.4, -0.2) is 18.2 Å². The van der Waals surface area contributed by atoms with E-state index in [0.717, 1.165) is 5.56 Å². The van der Waals surface area contributed by atoms with Crippen LogP contribution in [0.3, 0.4) is 0 Å². The highest BCUT2D eigenvalue weighted by Gasteiger charge is 2.59. The summed E-state index contributed by atoms with van der Waals surface area (Å²) in [6.07, 6.45) is -4.37. The van der Waals surface area contributed by atoms with Gasteiger partial charge >= 0.3 is 12.1 Å². The van der Waals surface area contributed by atoms with Crippen LogP contribution >= 0.6 is 0 Å². The van der Waals surface area contributed by atoms with E-state index >= 15 is 0 Å². The van der Waals surface area contributed by atoms with Gasteiger partial charge in [-0.2, -0.15) is 13.2 Å². The zero-order valence-corrected chi connectivity index (χ0v) is 10.1. The Bertz CT molecular complexity index is 447. The molecule has 1 aliphatic rings. The van der Waals surface area contributed by atoms with Gasteiger partial charge in [-0.3, -0.25) is 4.79 Å². The average molecular weight is 273 g/mol. The molecule has 3 atom stereocenters. The van der Waals surface area contributed by atoms with Crippen LogP contribution in [0.5, 0.6) is 0 Å². The molecule has 104 valence electrons. The Morgan fingerprint density at radius 3 is 2.53 bits per heavy atom.